The van der Waals surface area contributed by atoms with E-state index in [0.29, 0.717) is 29.2 Å². The topological polar surface area (TPSA) is 58.9 Å². The Morgan fingerprint density at radius 2 is 1.63 bits per heavy atom. The first-order valence-corrected chi connectivity index (χ1v) is 8.60. The first kappa shape index (κ1) is 16.8. The van der Waals surface area contributed by atoms with E-state index in [1.807, 2.05) is 48.5 Å². The molecule has 0 unspecified atom stereocenters. The second-order valence-electron chi connectivity index (χ2n) is 6.17. The fourth-order valence-electron chi connectivity index (χ4n) is 2.94. The number of aliphatic hydroxyl groups is 1. The van der Waals surface area contributed by atoms with Crippen LogP contribution in [0.4, 0.5) is 5.69 Å². The minimum absolute atomic E-state index is 0.0316. The lowest BCUT2D eigenvalue weighted by molar-refractivity contribution is 0.104. The van der Waals surface area contributed by atoms with Gasteiger partial charge in [-0.1, -0.05) is 60.7 Å². The number of benzene rings is 3. The van der Waals surface area contributed by atoms with Gasteiger partial charge in [-0.25, -0.2) is 0 Å². The fraction of sp³-hybridized carbons (Fsp3) is 0.0435. The van der Waals surface area contributed by atoms with Gasteiger partial charge in [0.1, 0.15) is 18.1 Å². The molecule has 0 saturated heterocycles. The number of rotatable bonds is 5. The Labute approximate surface area is 157 Å². The Morgan fingerprint density at radius 3 is 2.41 bits per heavy atom. The number of carbonyl (C=O) groups excluding carboxylic acids is 1. The van der Waals surface area contributed by atoms with Crippen LogP contribution in [0.25, 0.3) is 5.76 Å². The number of aliphatic imine (C=N–C) groups is 1. The highest BCUT2D eigenvalue weighted by Crippen LogP contribution is 2.30. The van der Waals surface area contributed by atoms with Gasteiger partial charge in [0, 0.05) is 23.4 Å². The largest absolute Gasteiger partial charge is 0.506 e. The Kier molecular flexibility index (Phi) is 4.54. The van der Waals surface area contributed by atoms with Gasteiger partial charge < -0.3 is 9.84 Å². The van der Waals surface area contributed by atoms with Gasteiger partial charge in [0.2, 0.25) is 0 Å². The molecule has 0 amide bonds. The maximum Gasteiger partial charge on any atom is 0.199 e. The van der Waals surface area contributed by atoms with Crippen molar-refractivity contribution in [3.8, 4) is 5.75 Å². The van der Waals surface area contributed by atoms with E-state index in [9.17, 15) is 9.90 Å². The van der Waals surface area contributed by atoms with Gasteiger partial charge >= 0.3 is 0 Å². The summed E-state index contributed by atoms with van der Waals surface area (Å²) in [4.78, 5) is 16.8. The Morgan fingerprint density at radius 1 is 0.889 bits per heavy atom. The molecule has 0 aliphatic heterocycles. The van der Waals surface area contributed by atoms with Crippen LogP contribution in [0.2, 0.25) is 0 Å². The van der Waals surface area contributed by atoms with Gasteiger partial charge in [-0.3, -0.25) is 9.79 Å². The molecular weight excluding hydrogens is 338 g/mol. The SMILES string of the molecule is O=C1C(C=Nc2cccc(OCc3ccccc3)c2)=C(O)c2ccccc21. The molecule has 3 aromatic rings. The van der Waals surface area contributed by atoms with Gasteiger partial charge in [-0.2, -0.15) is 0 Å². The lowest BCUT2D eigenvalue weighted by Crippen LogP contribution is -1.99. The molecule has 0 spiro atoms. The molecule has 0 atom stereocenters. The zero-order valence-electron chi connectivity index (χ0n) is 14.5. The smallest absolute Gasteiger partial charge is 0.199 e. The molecule has 0 heterocycles. The van der Waals surface area contributed by atoms with Crippen molar-refractivity contribution in [2.45, 2.75) is 6.61 Å². The molecule has 4 heteroatoms. The summed E-state index contributed by atoms with van der Waals surface area (Å²) >= 11 is 0. The summed E-state index contributed by atoms with van der Waals surface area (Å²) in [7, 11) is 0. The van der Waals surface area contributed by atoms with Crippen LogP contribution in [0.3, 0.4) is 0 Å². The summed E-state index contributed by atoms with van der Waals surface area (Å²) in [5.74, 6) is 0.437. The number of Topliss-reactive ketones (excluding diaryl/α,β-unsaturated/α-hetero) is 1. The quantitative estimate of drug-likeness (QED) is 0.645. The van der Waals surface area contributed by atoms with Crippen LogP contribution in [0, 0.1) is 0 Å². The van der Waals surface area contributed by atoms with Gasteiger partial charge in [0.05, 0.1) is 11.3 Å². The summed E-state index contributed by atoms with van der Waals surface area (Å²) in [6.07, 6.45) is 1.41. The number of carbonyl (C=O) groups is 1. The first-order valence-electron chi connectivity index (χ1n) is 8.60. The summed E-state index contributed by atoms with van der Waals surface area (Å²) in [6.45, 7) is 0.466. The van der Waals surface area contributed by atoms with Crippen molar-refractivity contribution in [2.24, 2.45) is 4.99 Å². The predicted octanol–water partition coefficient (Wildman–Crippen LogP) is 5.13. The standard InChI is InChI=1S/C23H17NO3/c25-22-19-11-4-5-12-20(19)23(26)21(22)14-24-17-9-6-10-18(13-17)27-15-16-7-2-1-3-8-16/h1-14,25H,15H2. The van der Waals surface area contributed by atoms with Crippen LogP contribution in [0.5, 0.6) is 5.75 Å². The van der Waals surface area contributed by atoms with E-state index in [0.717, 1.165) is 5.56 Å². The zero-order valence-corrected chi connectivity index (χ0v) is 14.5. The van der Waals surface area contributed by atoms with Crippen molar-refractivity contribution in [1.29, 1.82) is 0 Å². The number of ketones is 1. The Hall–Kier alpha value is -3.66. The third kappa shape index (κ3) is 3.51. The van der Waals surface area contributed by atoms with Crippen LogP contribution < -0.4 is 4.74 Å². The van der Waals surface area contributed by atoms with E-state index in [1.54, 1.807) is 30.3 Å². The molecule has 1 N–H and O–H groups in total. The molecule has 1 aliphatic rings. The number of nitrogens with zero attached hydrogens (tertiary/aromatic N) is 1. The summed E-state index contributed by atoms with van der Waals surface area (Å²) in [5.41, 5.74) is 2.97. The maximum atomic E-state index is 12.4. The molecule has 0 bridgehead atoms. The molecule has 1 aliphatic carbocycles. The monoisotopic (exact) mass is 355 g/mol. The summed E-state index contributed by atoms with van der Waals surface area (Å²) in [5, 5.41) is 10.3. The van der Waals surface area contributed by atoms with Crippen LogP contribution in [0.15, 0.2) is 89.4 Å². The lowest BCUT2D eigenvalue weighted by atomic mass is 10.1. The highest BCUT2D eigenvalue weighted by atomic mass is 16.5. The van der Waals surface area contributed by atoms with Crippen LogP contribution in [-0.4, -0.2) is 17.1 Å². The highest BCUT2D eigenvalue weighted by Gasteiger charge is 2.27. The van der Waals surface area contributed by atoms with Gasteiger partial charge in [0.15, 0.2) is 5.78 Å². The lowest BCUT2D eigenvalue weighted by Gasteiger charge is -2.06. The molecule has 0 radical (unpaired) electrons. The van der Waals surface area contributed by atoms with Crippen LogP contribution >= 0.6 is 0 Å². The van der Waals surface area contributed by atoms with E-state index in [-0.39, 0.29) is 17.1 Å². The normalized spacial score (nSPS) is 13.3. The maximum absolute atomic E-state index is 12.4. The van der Waals surface area contributed by atoms with Crippen molar-refractivity contribution in [3.63, 3.8) is 0 Å². The molecule has 4 nitrogen and oxygen atoms in total. The molecule has 132 valence electrons. The highest BCUT2D eigenvalue weighted by molar-refractivity contribution is 6.30. The second kappa shape index (κ2) is 7.30. The fourth-order valence-corrected chi connectivity index (χ4v) is 2.94. The molecule has 0 saturated carbocycles. The number of ether oxygens (including phenoxy) is 1. The van der Waals surface area contributed by atoms with Gasteiger partial charge in [0.25, 0.3) is 0 Å². The van der Waals surface area contributed by atoms with Crippen molar-refractivity contribution in [3.05, 3.63) is 101 Å². The number of aliphatic hydroxyl groups excluding tert-OH is 1. The average molecular weight is 355 g/mol. The average Bonchev–Trinajstić information content (AvgIpc) is 2.96. The molecule has 0 aromatic heterocycles. The van der Waals surface area contributed by atoms with E-state index in [1.165, 1.54) is 6.21 Å². The summed E-state index contributed by atoms with van der Waals surface area (Å²) in [6, 6.07) is 24.2. The van der Waals surface area contributed by atoms with Gasteiger partial charge in [-0.15, -0.1) is 0 Å². The minimum Gasteiger partial charge on any atom is -0.506 e. The van der Waals surface area contributed by atoms with E-state index in [4.69, 9.17) is 4.74 Å². The van der Waals surface area contributed by atoms with Crippen molar-refractivity contribution in [1.82, 2.24) is 0 Å². The molecule has 0 fully saturated rings. The third-order valence-corrected chi connectivity index (χ3v) is 4.34. The van der Waals surface area contributed by atoms with Crippen LogP contribution in [0.1, 0.15) is 21.5 Å². The molecule has 27 heavy (non-hydrogen) atoms. The van der Waals surface area contributed by atoms with Gasteiger partial charge in [-0.05, 0) is 17.7 Å². The number of allylic oxidation sites excluding steroid dienone is 1. The zero-order chi connectivity index (χ0) is 18.6. The molecule has 3 aromatic carbocycles. The Balaban J connectivity index is 1.50. The Bertz CT molecular complexity index is 1050. The van der Waals surface area contributed by atoms with E-state index >= 15 is 0 Å². The number of fused-ring (bicyclic) bond motifs is 1. The predicted molar refractivity (Wildman–Crippen MR) is 106 cm³/mol. The van der Waals surface area contributed by atoms with Crippen molar-refractivity contribution < 1.29 is 14.6 Å². The van der Waals surface area contributed by atoms with E-state index < -0.39 is 0 Å². The van der Waals surface area contributed by atoms with Crippen molar-refractivity contribution >= 4 is 23.4 Å². The first-order chi connectivity index (χ1) is 13.2. The second-order valence-corrected chi connectivity index (χ2v) is 6.17. The van der Waals surface area contributed by atoms with E-state index in [2.05, 4.69) is 4.99 Å². The van der Waals surface area contributed by atoms with Crippen molar-refractivity contribution in [2.75, 3.05) is 0 Å². The number of hydrogen-bond acceptors (Lipinski definition) is 4. The molecule has 4 rings (SSSR count). The summed E-state index contributed by atoms with van der Waals surface area (Å²) < 4.78 is 5.80. The van der Waals surface area contributed by atoms with Crippen LogP contribution in [-0.2, 0) is 6.61 Å². The number of hydrogen-bond donors (Lipinski definition) is 1. The third-order valence-electron chi connectivity index (χ3n) is 4.34. The minimum atomic E-state index is -0.219. The molecular formula is C23H17NO3.